The van der Waals surface area contributed by atoms with Crippen molar-refractivity contribution >= 4 is 51.4 Å². The SMILES string of the molecule is FCCCCCC(F)F.[KH]. The average molecular weight is 180 g/mol. The molecular formula is C6H12F3K. The van der Waals surface area contributed by atoms with Gasteiger partial charge in [-0.1, -0.05) is 6.42 Å². The molecule has 0 N–H and O–H groups in total. The Labute approximate surface area is 102 Å². The van der Waals surface area contributed by atoms with Gasteiger partial charge in [0.1, 0.15) is 0 Å². The Morgan fingerprint density at radius 1 is 1.00 bits per heavy atom. The first-order chi connectivity index (χ1) is 4.27. The van der Waals surface area contributed by atoms with Crippen LogP contribution in [-0.4, -0.2) is 64.5 Å². The van der Waals surface area contributed by atoms with Gasteiger partial charge >= 0.3 is 51.4 Å². The number of hydrogen-bond donors (Lipinski definition) is 0. The van der Waals surface area contributed by atoms with Crippen LogP contribution in [0.5, 0.6) is 0 Å². The first-order valence-corrected chi connectivity index (χ1v) is 3.11. The minimum atomic E-state index is -2.22. The van der Waals surface area contributed by atoms with Gasteiger partial charge in [-0.3, -0.25) is 4.39 Å². The Kier molecular flexibility index (Phi) is 14.6. The molecule has 0 atom stereocenters. The molecule has 0 amide bonds. The summed E-state index contributed by atoms with van der Waals surface area (Å²) < 4.78 is 34.1. The van der Waals surface area contributed by atoms with Crippen molar-refractivity contribution in [3.8, 4) is 0 Å². The molecule has 0 aliphatic carbocycles. The number of hydrogen-bond acceptors (Lipinski definition) is 0. The molecule has 0 rings (SSSR count). The molecular weight excluding hydrogens is 168 g/mol. The second kappa shape index (κ2) is 10.4. The van der Waals surface area contributed by atoms with E-state index in [1.54, 1.807) is 0 Å². The Balaban J connectivity index is 0. The summed E-state index contributed by atoms with van der Waals surface area (Å²) in [7, 11) is 0. The Hall–Kier alpha value is 1.43. The van der Waals surface area contributed by atoms with Crippen LogP contribution in [0.2, 0.25) is 0 Å². The molecule has 0 heterocycles. The van der Waals surface area contributed by atoms with Gasteiger partial charge in [0.2, 0.25) is 6.43 Å². The van der Waals surface area contributed by atoms with Gasteiger partial charge in [0.25, 0.3) is 0 Å². The van der Waals surface area contributed by atoms with Crippen LogP contribution < -0.4 is 0 Å². The van der Waals surface area contributed by atoms with Crippen molar-refractivity contribution < 1.29 is 13.2 Å². The standard InChI is InChI=1S/C6H11F3.K.H/c7-5-3-1-2-4-6(8)9;;/h6H,1-5H2;;. The van der Waals surface area contributed by atoms with Gasteiger partial charge in [-0.15, -0.1) is 0 Å². The van der Waals surface area contributed by atoms with Gasteiger partial charge in [0.15, 0.2) is 0 Å². The molecule has 10 heavy (non-hydrogen) atoms. The fraction of sp³-hybridized carbons (Fsp3) is 1.00. The number of unbranched alkanes of at least 4 members (excludes halogenated alkanes) is 2. The molecule has 4 heteroatoms. The topological polar surface area (TPSA) is 0 Å². The minimum absolute atomic E-state index is 0. The quantitative estimate of drug-likeness (QED) is 0.449. The van der Waals surface area contributed by atoms with Gasteiger partial charge < -0.3 is 0 Å². The zero-order valence-electron chi connectivity index (χ0n) is 5.25. The van der Waals surface area contributed by atoms with E-state index in [-0.39, 0.29) is 64.5 Å². The first-order valence-electron chi connectivity index (χ1n) is 3.11. The van der Waals surface area contributed by atoms with Crippen molar-refractivity contribution in [3.63, 3.8) is 0 Å². The predicted molar refractivity (Wildman–Crippen MR) is 37.6 cm³/mol. The maximum atomic E-state index is 11.4. The third-order valence-corrected chi connectivity index (χ3v) is 1.06. The van der Waals surface area contributed by atoms with Crippen molar-refractivity contribution in [1.82, 2.24) is 0 Å². The monoisotopic (exact) mass is 180 g/mol. The van der Waals surface area contributed by atoms with Crippen molar-refractivity contribution in [1.29, 1.82) is 0 Å². The molecule has 0 saturated carbocycles. The van der Waals surface area contributed by atoms with Gasteiger partial charge in [0.05, 0.1) is 6.67 Å². The van der Waals surface area contributed by atoms with Crippen LogP contribution in [0.25, 0.3) is 0 Å². The Bertz CT molecular complexity index is 59.0. The number of halogens is 3. The Morgan fingerprint density at radius 2 is 1.60 bits per heavy atom. The summed E-state index contributed by atoms with van der Waals surface area (Å²) in [5.41, 5.74) is 0. The maximum absolute atomic E-state index is 11.4. The summed E-state index contributed by atoms with van der Waals surface area (Å²) in [4.78, 5) is 0. The van der Waals surface area contributed by atoms with Crippen molar-refractivity contribution in [2.75, 3.05) is 6.67 Å². The van der Waals surface area contributed by atoms with E-state index in [0.717, 1.165) is 0 Å². The summed E-state index contributed by atoms with van der Waals surface area (Å²) in [5.74, 6) is 0. The molecule has 0 spiro atoms. The molecule has 0 radical (unpaired) electrons. The molecule has 0 aliphatic heterocycles. The number of rotatable bonds is 5. The van der Waals surface area contributed by atoms with Gasteiger partial charge in [0, 0.05) is 6.42 Å². The third-order valence-electron chi connectivity index (χ3n) is 1.06. The summed E-state index contributed by atoms with van der Waals surface area (Å²) >= 11 is 0. The van der Waals surface area contributed by atoms with Crippen LogP contribution in [0.4, 0.5) is 13.2 Å². The second-order valence-corrected chi connectivity index (χ2v) is 1.93. The van der Waals surface area contributed by atoms with E-state index in [4.69, 9.17) is 0 Å². The summed E-state index contributed by atoms with van der Waals surface area (Å²) in [6, 6.07) is 0. The average Bonchev–Trinajstić information content (AvgIpc) is 1.80. The van der Waals surface area contributed by atoms with E-state index in [1.165, 1.54) is 0 Å². The molecule has 0 aromatic heterocycles. The summed E-state index contributed by atoms with van der Waals surface area (Å²) in [6.07, 6.45) is -0.848. The summed E-state index contributed by atoms with van der Waals surface area (Å²) in [6.45, 7) is -0.386. The zero-order valence-corrected chi connectivity index (χ0v) is 5.25. The fourth-order valence-corrected chi connectivity index (χ4v) is 0.570. The van der Waals surface area contributed by atoms with Crippen LogP contribution in [0.15, 0.2) is 0 Å². The van der Waals surface area contributed by atoms with Gasteiger partial charge in [-0.05, 0) is 12.8 Å². The van der Waals surface area contributed by atoms with Crippen LogP contribution in [0.3, 0.4) is 0 Å². The van der Waals surface area contributed by atoms with E-state index in [0.29, 0.717) is 19.3 Å². The molecule has 0 saturated heterocycles. The van der Waals surface area contributed by atoms with Crippen LogP contribution in [-0.2, 0) is 0 Å². The van der Waals surface area contributed by atoms with Crippen LogP contribution >= 0.6 is 0 Å². The molecule has 0 bridgehead atoms. The zero-order chi connectivity index (χ0) is 7.11. The normalized spacial score (nSPS) is 9.60. The molecule has 0 aromatic carbocycles. The van der Waals surface area contributed by atoms with E-state index in [1.807, 2.05) is 0 Å². The fourth-order valence-electron chi connectivity index (χ4n) is 0.570. The van der Waals surface area contributed by atoms with Crippen LogP contribution in [0.1, 0.15) is 25.7 Å². The van der Waals surface area contributed by atoms with Gasteiger partial charge in [-0.2, -0.15) is 0 Å². The predicted octanol–water partition coefficient (Wildman–Crippen LogP) is 2.13. The molecule has 0 fully saturated rings. The van der Waals surface area contributed by atoms with E-state index in [9.17, 15) is 13.2 Å². The Morgan fingerprint density at radius 3 is 2.00 bits per heavy atom. The summed E-state index contributed by atoms with van der Waals surface area (Å²) in [5, 5.41) is 0. The first kappa shape index (κ1) is 14.0. The van der Waals surface area contributed by atoms with Gasteiger partial charge in [-0.25, -0.2) is 8.78 Å². The molecule has 58 valence electrons. The molecule has 0 aliphatic rings. The number of alkyl halides is 3. The van der Waals surface area contributed by atoms with Crippen molar-refractivity contribution in [2.24, 2.45) is 0 Å². The molecule has 0 nitrogen and oxygen atoms in total. The third kappa shape index (κ3) is 12.1. The van der Waals surface area contributed by atoms with Crippen LogP contribution in [0, 0.1) is 0 Å². The molecule has 0 unspecified atom stereocenters. The second-order valence-electron chi connectivity index (χ2n) is 1.93. The van der Waals surface area contributed by atoms with Crippen molar-refractivity contribution in [3.05, 3.63) is 0 Å². The van der Waals surface area contributed by atoms with E-state index in [2.05, 4.69) is 0 Å². The van der Waals surface area contributed by atoms with E-state index >= 15 is 0 Å². The van der Waals surface area contributed by atoms with E-state index < -0.39 is 6.43 Å². The molecule has 0 aromatic rings. The van der Waals surface area contributed by atoms with Crippen molar-refractivity contribution in [2.45, 2.75) is 32.1 Å².